The number of thiol groups is 1. The van der Waals surface area contributed by atoms with Crippen LogP contribution >= 0.6 is 22.2 Å². The van der Waals surface area contributed by atoms with Gasteiger partial charge in [0.2, 0.25) is 0 Å². The number of anilines is 6. The molecular weight excluding hydrogens is 721 g/mol. The highest BCUT2D eigenvalue weighted by atomic mass is 32.2. The van der Waals surface area contributed by atoms with Crippen molar-refractivity contribution >= 4 is 88.4 Å². The van der Waals surface area contributed by atoms with E-state index in [0.717, 1.165) is 22.2 Å². The fraction of sp³-hybridized carbons (Fsp3) is 0.255. The summed E-state index contributed by atoms with van der Waals surface area (Å²) in [5.74, 6) is 0. The third kappa shape index (κ3) is 5.30. The van der Waals surface area contributed by atoms with Gasteiger partial charge in [-0.1, -0.05) is 111 Å². The van der Waals surface area contributed by atoms with Crippen molar-refractivity contribution in [3.63, 3.8) is 0 Å². The van der Waals surface area contributed by atoms with Crippen molar-refractivity contribution in [2.24, 2.45) is 0 Å². The number of furan rings is 1. The molecule has 10 rings (SSSR count). The van der Waals surface area contributed by atoms with E-state index in [1.807, 2.05) is 11.3 Å². The molecule has 0 saturated heterocycles. The van der Waals surface area contributed by atoms with E-state index in [2.05, 4.69) is 194 Å². The summed E-state index contributed by atoms with van der Waals surface area (Å²) in [7, 11) is -0.948. The minimum atomic E-state index is -0.948. The zero-order chi connectivity index (χ0) is 39.1. The van der Waals surface area contributed by atoms with Crippen molar-refractivity contribution in [2.75, 3.05) is 9.80 Å². The molecule has 1 atom stereocenters. The van der Waals surface area contributed by atoms with E-state index in [0.29, 0.717) is 0 Å². The molecule has 0 fully saturated rings. The molecule has 3 nitrogen and oxygen atoms in total. The van der Waals surface area contributed by atoms with Gasteiger partial charge in [-0.05, 0) is 112 Å². The zero-order valence-corrected chi connectivity index (χ0v) is 35.8. The normalized spacial score (nSPS) is 16.1. The molecule has 56 heavy (non-hydrogen) atoms. The molecule has 4 heterocycles. The Morgan fingerprint density at radius 3 is 1.68 bits per heavy atom. The summed E-state index contributed by atoms with van der Waals surface area (Å²) < 4.78 is 9.42. The van der Waals surface area contributed by atoms with Crippen LogP contribution in [0.2, 0.25) is 0 Å². The summed E-state index contributed by atoms with van der Waals surface area (Å²) in [6.45, 7) is 23.0. The standard InChI is InChI=1S/C51H50N2OS2/c1-30-27-38-47-39(28-30)53(35-22-17-32(18-23-35)50(5,6)7)46-43(26-24-41-44(46)36-13-11-12-14-40(36)54-41)56(47)48-45(37-29-33(51(8,9)10)19-25-42(37)55-48)52(38)34-20-15-31(16-21-34)49(2,3)4/h11-29,56H,1-10H3. The number of fused-ring (bicyclic) bond motifs is 10. The zero-order valence-electron chi connectivity index (χ0n) is 34.1. The van der Waals surface area contributed by atoms with Gasteiger partial charge in [0, 0.05) is 36.6 Å². The highest BCUT2D eigenvalue weighted by molar-refractivity contribution is 8.19. The fourth-order valence-electron chi connectivity index (χ4n) is 8.74. The molecule has 2 aliphatic rings. The maximum atomic E-state index is 6.63. The second kappa shape index (κ2) is 12.0. The molecule has 2 aliphatic heterocycles. The second-order valence-electron chi connectivity index (χ2n) is 18.9. The van der Waals surface area contributed by atoms with Crippen LogP contribution < -0.4 is 9.80 Å². The lowest BCUT2D eigenvalue weighted by Crippen LogP contribution is -2.23. The quantitative estimate of drug-likeness (QED) is 0.177. The fourth-order valence-corrected chi connectivity index (χ4v) is 13.4. The van der Waals surface area contributed by atoms with E-state index in [-0.39, 0.29) is 16.2 Å². The number of hydrogen-bond acceptors (Lipinski definition) is 4. The molecule has 1 unspecified atom stereocenters. The van der Waals surface area contributed by atoms with Crippen molar-refractivity contribution in [2.45, 2.75) is 99.5 Å². The first-order valence-corrected chi connectivity index (χ1v) is 22.0. The van der Waals surface area contributed by atoms with Crippen LogP contribution in [-0.2, 0) is 16.2 Å². The maximum absolute atomic E-state index is 6.63. The summed E-state index contributed by atoms with van der Waals surface area (Å²) >= 11 is 1.99. The van der Waals surface area contributed by atoms with Gasteiger partial charge < -0.3 is 14.2 Å². The highest BCUT2D eigenvalue weighted by Crippen LogP contribution is 2.74. The Balaban J connectivity index is 1.34. The molecule has 282 valence electrons. The van der Waals surface area contributed by atoms with E-state index in [1.54, 1.807) is 0 Å². The molecule has 0 N–H and O–H groups in total. The van der Waals surface area contributed by atoms with Crippen molar-refractivity contribution in [3.8, 4) is 0 Å². The van der Waals surface area contributed by atoms with E-state index < -0.39 is 10.9 Å². The lowest BCUT2D eigenvalue weighted by molar-refractivity contribution is 0.590. The molecular formula is C51H50N2OS2. The van der Waals surface area contributed by atoms with Gasteiger partial charge in [0.1, 0.15) is 11.2 Å². The molecule has 0 bridgehead atoms. The summed E-state index contributed by atoms with van der Waals surface area (Å²) in [6, 6.07) is 44.0. The van der Waals surface area contributed by atoms with Crippen molar-refractivity contribution in [1.82, 2.24) is 0 Å². The Kier molecular flexibility index (Phi) is 7.61. The summed E-state index contributed by atoms with van der Waals surface area (Å²) in [4.78, 5) is 7.96. The van der Waals surface area contributed by atoms with Crippen LogP contribution in [0.5, 0.6) is 0 Å². The van der Waals surface area contributed by atoms with Gasteiger partial charge in [-0.3, -0.25) is 0 Å². The third-order valence-electron chi connectivity index (χ3n) is 11.8. The maximum Gasteiger partial charge on any atom is 0.137 e. The van der Waals surface area contributed by atoms with Crippen LogP contribution in [0.3, 0.4) is 0 Å². The number of para-hydroxylation sites is 1. The Morgan fingerprint density at radius 1 is 0.536 bits per heavy atom. The largest absolute Gasteiger partial charge is 0.456 e. The molecule has 2 aromatic heterocycles. The molecule has 0 spiro atoms. The van der Waals surface area contributed by atoms with Crippen LogP contribution in [0, 0.1) is 6.92 Å². The Labute approximate surface area is 337 Å². The first kappa shape index (κ1) is 35.4. The van der Waals surface area contributed by atoms with Crippen LogP contribution in [0.15, 0.2) is 134 Å². The lowest BCUT2D eigenvalue weighted by atomic mass is 9.86. The molecule has 5 heteroatoms. The summed E-state index contributed by atoms with van der Waals surface area (Å²) in [5, 5.41) is 3.68. The highest BCUT2D eigenvalue weighted by Gasteiger charge is 2.42. The molecule has 0 aliphatic carbocycles. The number of hydrogen-bond donors (Lipinski definition) is 1. The van der Waals surface area contributed by atoms with E-state index in [4.69, 9.17) is 4.42 Å². The van der Waals surface area contributed by atoms with Crippen molar-refractivity contribution < 1.29 is 4.42 Å². The Hall–Kier alpha value is -4.97. The molecule has 8 aromatic rings. The smallest absolute Gasteiger partial charge is 0.137 e. The van der Waals surface area contributed by atoms with Crippen molar-refractivity contribution in [3.05, 3.63) is 138 Å². The van der Waals surface area contributed by atoms with E-state index in [1.165, 1.54) is 80.2 Å². The van der Waals surface area contributed by atoms with Gasteiger partial charge in [-0.25, -0.2) is 0 Å². The Bertz CT molecular complexity index is 2870. The summed E-state index contributed by atoms with van der Waals surface area (Å²) in [5.41, 5.74) is 14.7. The van der Waals surface area contributed by atoms with Gasteiger partial charge >= 0.3 is 0 Å². The lowest BCUT2D eigenvalue weighted by Gasteiger charge is -2.46. The number of aryl methyl sites for hydroxylation is 1. The van der Waals surface area contributed by atoms with Gasteiger partial charge in [-0.2, -0.15) is 10.9 Å². The summed E-state index contributed by atoms with van der Waals surface area (Å²) in [6.07, 6.45) is 0. The predicted molar refractivity (Wildman–Crippen MR) is 243 cm³/mol. The number of benzene rings is 6. The van der Waals surface area contributed by atoms with Crippen LogP contribution in [0.4, 0.5) is 34.1 Å². The van der Waals surface area contributed by atoms with E-state index >= 15 is 0 Å². The van der Waals surface area contributed by atoms with Crippen LogP contribution in [0.25, 0.3) is 32.0 Å². The minimum Gasteiger partial charge on any atom is -0.456 e. The van der Waals surface area contributed by atoms with Gasteiger partial charge in [0.05, 0.1) is 32.3 Å². The number of rotatable bonds is 2. The first-order chi connectivity index (χ1) is 26.6. The SMILES string of the molecule is Cc1cc2c3c(c1)N(c1ccc(C(C)(C)C)cc1)c1c(ccc4oc5ccccc5c14)[SH]3c1sc3ccc(C(C)(C)C)cc3c1N2c1ccc(C(C)(C)C)cc1. The minimum absolute atomic E-state index is 0.0261. The average Bonchev–Trinajstić information content (AvgIpc) is 3.72. The molecule has 0 amide bonds. The first-order valence-electron chi connectivity index (χ1n) is 19.9. The van der Waals surface area contributed by atoms with Crippen LogP contribution in [-0.4, -0.2) is 0 Å². The van der Waals surface area contributed by atoms with Crippen LogP contribution in [0.1, 0.15) is 84.6 Å². The monoisotopic (exact) mass is 770 g/mol. The van der Waals surface area contributed by atoms with Crippen molar-refractivity contribution in [1.29, 1.82) is 0 Å². The van der Waals surface area contributed by atoms with Gasteiger partial charge in [0.15, 0.2) is 0 Å². The van der Waals surface area contributed by atoms with E-state index in [9.17, 15) is 0 Å². The molecule has 0 radical (unpaired) electrons. The van der Waals surface area contributed by atoms with Gasteiger partial charge in [-0.15, -0.1) is 11.3 Å². The topological polar surface area (TPSA) is 19.6 Å². The number of nitrogens with zero attached hydrogens (tertiary/aromatic N) is 2. The third-order valence-corrected chi connectivity index (χ3v) is 15.9. The second-order valence-corrected chi connectivity index (χ2v) is 22.3. The van der Waals surface area contributed by atoms with Gasteiger partial charge in [0.25, 0.3) is 0 Å². The molecule has 6 aromatic carbocycles. The predicted octanol–water partition coefficient (Wildman–Crippen LogP) is 16.0. The Morgan fingerprint density at radius 2 is 1.09 bits per heavy atom. The number of thiophene rings is 1. The molecule has 0 saturated carbocycles. The average molecular weight is 771 g/mol.